The number of hydrogen-bond acceptors (Lipinski definition) is 2. The van der Waals surface area contributed by atoms with Crippen molar-refractivity contribution in [2.45, 2.75) is 36.2 Å². The lowest BCUT2D eigenvalue weighted by Gasteiger charge is -2.27. The molecule has 0 amide bonds. The zero-order chi connectivity index (χ0) is 19.6. The lowest BCUT2D eigenvalue weighted by atomic mass is 10.2. The lowest BCUT2D eigenvalue weighted by Crippen LogP contribution is -2.53. The number of alkyl halides is 13. The van der Waals surface area contributed by atoms with Crippen LogP contribution in [0, 0.1) is 0 Å². The van der Waals surface area contributed by atoms with Crippen molar-refractivity contribution in [2.24, 2.45) is 0 Å². The molecule has 0 aromatic carbocycles. The molecule has 1 heterocycles. The zero-order valence-corrected chi connectivity index (χ0v) is 10.1. The Labute approximate surface area is 120 Å². The summed E-state index contributed by atoms with van der Waals surface area (Å²) in [5.41, 5.74) is 0. The Bertz CT molecular complexity index is 543. The van der Waals surface area contributed by atoms with E-state index in [1.54, 1.807) is 0 Å². The van der Waals surface area contributed by atoms with Crippen LogP contribution in [0.1, 0.15) is 0 Å². The summed E-state index contributed by atoms with van der Waals surface area (Å²) in [6.07, 6.45) is -20.3. The van der Waals surface area contributed by atoms with Crippen LogP contribution in [-0.2, 0) is 9.47 Å². The first-order valence-electron chi connectivity index (χ1n) is 4.96. The molecule has 0 aliphatic carbocycles. The minimum atomic E-state index is -7.20. The van der Waals surface area contributed by atoms with E-state index < -0.39 is 47.9 Å². The maximum atomic E-state index is 12.9. The second-order valence-corrected chi connectivity index (χ2v) is 4.06. The third-order valence-corrected chi connectivity index (χ3v) is 2.39. The van der Waals surface area contributed by atoms with Crippen molar-refractivity contribution in [2.75, 3.05) is 0 Å². The molecular formula is C8F14O2. The zero-order valence-electron chi connectivity index (χ0n) is 10.1. The summed E-state index contributed by atoms with van der Waals surface area (Å²) in [6.45, 7) is 0. The van der Waals surface area contributed by atoms with Crippen LogP contribution in [0.15, 0.2) is 11.8 Å². The van der Waals surface area contributed by atoms with Crippen LogP contribution >= 0.6 is 0 Å². The maximum Gasteiger partial charge on any atom is 0.476 e. The summed E-state index contributed by atoms with van der Waals surface area (Å²) < 4.78 is 178. The standard InChI is InChI=1S/C8F14O2/c9-2(24-8(21,22)5(14,15)6(16,17)18)1-3(10,11)4(12,13)7(19,20)23-1. The highest BCUT2D eigenvalue weighted by Crippen LogP contribution is 2.58. The molecule has 1 fully saturated rings. The molecule has 0 spiro atoms. The topological polar surface area (TPSA) is 18.5 Å². The molecule has 2 nitrogen and oxygen atoms in total. The van der Waals surface area contributed by atoms with Crippen LogP contribution < -0.4 is 0 Å². The molecule has 0 radical (unpaired) electrons. The van der Waals surface area contributed by atoms with Gasteiger partial charge in [0.1, 0.15) is 0 Å². The molecule has 16 heteroatoms. The largest absolute Gasteiger partial charge is 0.476 e. The summed E-state index contributed by atoms with van der Waals surface area (Å²) in [5.74, 6) is -23.8. The van der Waals surface area contributed by atoms with Gasteiger partial charge in [-0.1, -0.05) is 0 Å². The van der Waals surface area contributed by atoms with E-state index in [1.807, 2.05) is 4.74 Å². The molecule has 0 N–H and O–H groups in total. The van der Waals surface area contributed by atoms with Crippen LogP contribution in [0.2, 0.25) is 0 Å². The van der Waals surface area contributed by atoms with Gasteiger partial charge in [0.2, 0.25) is 0 Å². The van der Waals surface area contributed by atoms with E-state index in [0.29, 0.717) is 0 Å². The summed E-state index contributed by atoms with van der Waals surface area (Å²) >= 11 is 0. The quantitative estimate of drug-likeness (QED) is 0.505. The lowest BCUT2D eigenvalue weighted by molar-refractivity contribution is -0.419. The minimum absolute atomic E-state index is 1.97. The Kier molecular flexibility index (Phi) is 4.20. The van der Waals surface area contributed by atoms with Crippen LogP contribution in [-0.4, -0.2) is 36.2 Å². The maximum absolute atomic E-state index is 12.9. The van der Waals surface area contributed by atoms with Crippen LogP contribution in [0.4, 0.5) is 61.5 Å². The third-order valence-electron chi connectivity index (χ3n) is 2.39. The number of hydrogen-bond donors (Lipinski definition) is 0. The van der Waals surface area contributed by atoms with E-state index in [9.17, 15) is 61.5 Å². The highest BCUT2D eigenvalue weighted by molar-refractivity contribution is 5.21. The van der Waals surface area contributed by atoms with Crippen LogP contribution in [0.25, 0.3) is 0 Å². The van der Waals surface area contributed by atoms with E-state index in [1.165, 1.54) is 0 Å². The highest BCUT2D eigenvalue weighted by Gasteiger charge is 2.84. The van der Waals surface area contributed by atoms with Crippen LogP contribution in [0.5, 0.6) is 0 Å². The Morgan fingerprint density at radius 1 is 0.833 bits per heavy atom. The number of ether oxygens (including phenoxy) is 2. The van der Waals surface area contributed by atoms with Gasteiger partial charge in [-0.3, -0.25) is 0 Å². The second-order valence-electron chi connectivity index (χ2n) is 4.06. The summed E-state index contributed by atoms with van der Waals surface area (Å²) in [7, 11) is 0. The van der Waals surface area contributed by atoms with E-state index in [0.717, 1.165) is 0 Å². The minimum Gasteiger partial charge on any atom is -0.419 e. The molecule has 0 aromatic rings. The number of halogens is 14. The molecule has 0 unspecified atom stereocenters. The Hall–Kier alpha value is -1.64. The van der Waals surface area contributed by atoms with Crippen molar-refractivity contribution in [3.8, 4) is 0 Å². The van der Waals surface area contributed by atoms with Crippen molar-refractivity contribution in [3.63, 3.8) is 0 Å². The van der Waals surface area contributed by atoms with E-state index in [4.69, 9.17) is 0 Å². The molecule has 142 valence electrons. The first-order valence-corrected chi connectivity index (χ1v) is 4.96. The van der Waals surface area contributed by atoms with Gasteiger partial charge in [0.15, 0.2) is 0 Å². The third kappa shape index (κ3) is 2.58. The molecule has 0 atom stereocenters. The fourth-order valence-corrected chi connectivity index (χ4v) is 1.13. The Balaban J connectivity index is 3.33. The predicted octanol–water partition coefficient (Wildman–Crippen LogP) is 4.83. The normalized spacial score (nSPS) is 25.2. The monoisotopic (exact) mass is 394 g/mol. The molecule has 1 rings (SSSR count). The van der Waals surface area contributed by atoms with Gasteiger partial charge in [-0.05, 0) is 0 Å². The predicted molar refractivity (Wildman–Crippen MR) is 41.1 cm³/mol. The van der Waals surface area contributed by atoms with Crippen molar-refractivity contribution in [3.05, 3.63) is 11.8 Å². The van der Waals surface area contributed by atoms with Crippen LogP contribution in [0.3, 0.4) is 0 Å². The van der Waals surface area contributed by atoms with Gasteiger partial charge in [0.05, 0.1) is 0 Å². The molecule has 0 aromatic heterocycles. The Morgan fingerprint density at radius 2 is 1.25 bits per heavy atom. The molecule has 1 saturated heterocycles. The first-order chi connectivity index (χ1) is 10.2. The van der Waals surface area contributed by atoms with Gasteiger partial charge in [0, 0.05) is 0 Å². The molecule has 0 saturated carbocycles. The average molecular weight is 394 g/mol. The highest BCUT2D eigenvalue weighted by atomic mass is 19.4. The molecular weight excluding hydrogens is 394 g/mol. The van der Waals surface area contributed by atoms with E-state index in [2.05, 4.69) is 4.74 Å². The molecule has 0 bridgehead atoms. The van der Waals surface area contributed by atoms with Gasteiger partial charge in [-0.25, -0.2) is 0 Å². The smallest absolute Gasteiger partial charge is 0.419 e. The fourth-order valence-electron chi connectivity index (χ4n) is 1.13. The fraction of sp³-hybridized carbons (Fsp3) is 0.750. The molecule has 24 heavy (non-hydrogen) atoms. The number of allylic oxidation sites excluding steroid dienone is 1. The summed E-state index contributed by atoms with van der Waals surface area (Å²) in [6, 6.07) is -4.02. The molecule has 1 aliphatic rings. The number of rotatable bonds is 3. The van der Waals surface area contributed by atoms with Gasteiger partial charge in [0.25, 0.3) is 5.76 Å². The van der Waals surface area contributed by atoms with Crippen molar-refractivity contribution < 1.29 is 70.9 Å². The summed E-state index contributed by atoms with van der Waals surface area (Å²) in [5, 5.41) is 0. The summed E-state index contributed by atoms with van der Waals surface area (Å²) in [4.78, 5) is 0. The van der Waals surface area contributed by atoms with Crippen molar-refractivity contribution in [1.82, 2.24) is 0 Å². The Morgan fingerprint density at radius 3 is 1.54 bits per heavy atom. The van der Waals surface area contributed by atoms with Crippen molar-refractivity contribution >= 4 is 0 Å². The van der Waals surface area contributed by atoms with Gasteiger partial charge >= 0.3 is 42.2 Å². The van der Waals surface area contributed by atoms with Gasteiger partial charge in [-0.15, -0.1) is 0 Å². The first kappa shape index (κ1) is 20.4. The average Bonchev–Trinajstić information content (AvgIpc) is 2.44. The van der Waals surface area contributed by atoms with Gasteiger partial charge in [-0.2, -0.15) is 61.5 Å². The SMILES string of the molecule is FC(OC(F)(F)C(F)(F)C(F)(F)F)=C1OC(F)(F)C(F)(F)C1(F)F. The van der Waals surface area contributed by atoms with Crippen molar-refractivity contribution in [1.29, 1.82) is 0 Å². The van der Waals surface area contributed by atoms with Gasteiger partial charge < -0.3 is 9.47 Å². The molecule has 1 aliphatic heterocycles. The second kappa shape index (κ2) is 4.93. The van der Waals surface area contributed by atoms with E-state index in [-0.39, 0.29) is 0 Å². The van der Waals surface area contributed by atoms with E-state index >= 15 is 0 Å².